The lowest BCUT2D eigenvalue weighted by Crippen LogP contribution is -2.37. The summed E-state index contributed by atoms with van der Waals surface area (Å²) < 4.78 is 6.77. The molecule has 6 nitrogen and oxygen atoms in total. The largest absolute Gasteiger partial charge is 0.481 e. The average Bonchev–Trinajstić information content (AvgIpc) is 2.46. The van der Waals surface area contributed by atoms with Crippen LogP contribution in [0.25, 0.3) is 0 Å². The van der Waals surface area contributed by atoms with Crippen LogP contribution < -0.4 is 5.56 Å². The van der Waals surface area contributed by atoms with Crippen molar-refractivity contribution < 1.29 is 14.6 Å². The Balaban J connectivity index is 2.46. The van der Waals surface area contributed by atoms with E-state index in [-0.39, 0.29) is 12.0 Å². The average molecular weight is 294 g/mol. The molecule has 0 aromatic carbocycles. The lowest BCUT2D eigenvalue weighted by molar-refractivity contribution is -0.136. The number of methoxy groups -OCH3 is 1. The molecule has 0 atom stereocenters. The van der Waals surface area contributed by atoms with Gasteiger partial charge in [0.2, 0.25) is 0 Å². The molecule has 0 saturated carbocycles. The van der Waals surface area contributed by atoms with E-state index >= 15 is 0 Å². The number of pyridine rings is 1. The van der Waals surface area contributed by atoms with E-state index in [2.05, 4.69) is 11.8 Å². The second kappa shape index (κ2) is 6.87. The lowest BCUT2D eigenvalue weighted by atomic mass is 10.0. The number of likely N-dealkylation sites (N-methyl/N-ethyl adjacent to an activating group) is 1. The summed E-state index contributed by atoms with van der Waals surface area (Å²) in [6.45, 7) is 5.66. The fraction of sp³-hybridized carbons (Fsp3) is 0.600. The van der Waals surface area contributed by atoms with Crippen molar-refractivity contribution >= 4 is 5.97 Å². The zero-order valence-electron chi connectivity index (χ0n) is 12.6. The summed E-state index contributed by atoms with van der Waals surface area (Å²) in [6, 6.07) is 1.77. The molecule has 0 saturated heterocycles. The van der Waals surface area contributed by atoms with Crippen molar-refractivity contribution in [2.75, 3.05) is 26.8 Å². The third-order valence-corrected chi connectivity index (χ3v) is 3.93. The van der Waals surface area contributed by atoms with Crippen molar-refractivity contribution in [1.82, 2.24) is 9.47 Å². The van der Waals surface area contributed by atoms with Crippen LogP contribution in [0.5, 0.6) is 0 Å². The number of nitrogens with zero attached hydrogens (tertiary/aromatic N) is 2. The molecule has 1 aromatic rings. The van der Waals surface area contributed by atoms with Crippen LogP contribution in [0.3, 0.4) is 0 Å². The zero-order chi connectivity index (χ0) is 15.4. The molecule has 0 unspecified atom stereocenters. The highest BCUT2D eigenvalue weighted by atomic mass is 16.5. The molecule has 0 aliphatic carbocycles. The maximum atomic E-state index is 12.5. The molecule has 0 bridgehead atoms. The highest BCUT2D eigenvalue weighted by molar-refractivity contribution is 5.70. The van der Waals surface area contributed by atoms with Gasteiger partial charge < -0.3 is 14.4 Å². The predicted molar refractivity (Wildman–Crippen MR) is 78.6 cm³/mol. The van der Waals surface area contributed by atoms with Gasteiger partial charge in [0.25, 0.3) is 5.56 Å². The summed E-state index contributed by atoms with van der Waals surface area (Å²) in [5.74, 6) is -0.978. The maximum Gasteiger partial charge on any atom is 0.308 e. The van der Waals surface area contributed by atoms with Crippen LogP contribution in [-0.4, -0.2) is 47.3 Å². The van der Waals surface area contributed by atoms with Crippen LogP contribution in [0.4, 0.5) is 0 Å². The summed E-state index contributed by atoms with van der Waals surface area (Å²) >= 11 is 0. The molecule has 2 heterocycles. The SMILES string of the molecule is CCN1CCc2c(cc(CC(=O)O)c(=O)n2CCOC)C1. The molecule has 116 valence electrons. The standard InChI is InChI=1S/C15H22N2O4/c1-3-16-5-4-13-12(10-16)8-11(9-14(18)19)15(20)17(13)6-7-21-2/h8H,3-7,9-10H2,1-2H3,(H,18,19). The number of carbonyl (C=O) groups is 1. The first-order chi connectivity index (χ1) is 10.1. The van der Waals surface area contributed by atoms with Gasteiger partial charge in [0, 0.05) is 44.4 Å². The summed E-state index contributed by atoms with van der Waals surface area (Å²) in [4.78, 5) is 25.7. The highest BCUT2D eigenvalue weighted by Crippen LogP contribution is 2.19. The molecule has 2 rings (SSSR count). The molecular formula is C15H22N2O4. The predicted octanol–water partition coefficient (Wildman–Crippen LogP) is 0.500. The number of fused-ring (bicyclic) bond motifs is 1. The third kappa shape index (κ3) is 3.51. The van der Waals surface area contributed by atoms with E-state index in [1.165, 1.54) is 0 Å². The van der Waals surface area contributed by atoms with Crippen molar-refractivity contribution in [3.63, 3.8) is 0 Å². The smallest absolute Gasteiger partial charge is 0.308 e. The number of carboxylic acid groups (broad SMARTS) is 1. The number of carboxylic acids is 1. The Hall–Kier alpha value is -1.66. The Morgan fingerprint density at radius 2 is 2.24 bits per heavy atom. The van der Waals surface area contributed by atoms with Crippen LogP contribution >= 0.6 is 0 Å². The molecule has 0 amide bonds. The summed E-state index contributed by atoms with van der Waals surface area (Å²) in [5, 5.41) is 8.98. The molecule has 0 radical (unpaired) electrons. The summed E-state index contributed by atoms with van der Waals surface area (Å²) in [5.41, 5.74) is 2.25. The molecule has 1 aliphatic rings. The lowest BCUT2D eigenvalue weighted by Gasteiger charge is -2.30. The molecule has 1 N–H and O–H groups in total. The van der Waals surface area contributed by atoms with Crippen molar-refractivity contribution in [3.8, 4) is 0 Å². The van der Waals surface area contributed by atoms with Gasteiger partial charge in [-0.25, -0.2) is 0 Å². The first-order valence-electron chi connectivity index (χ1n) is 7.24. The van der Waals surface area contributed by atoms with E-state index in [1.807, 2.05) is 0 Å². The molecule has 0 fully saturated rings. The Morgan fingerprint density at radius 3 is 2.86 bits per heavy atom. The number of hydrogen-bond donors (Lipinski definition) is 1. The summed E-state index contributed by atoms with van der Waals surface area (Å²) in [7, 11) is 1.59. The van der Waals surface area contributed by atoms with Crippen molar-refractivity contribution in [2.45, 2.75) is 32.9 Å². The van der Waals surface area contributed by atoms with Gasteiger partial charge in [-0.1, -0.05) is 6.92 Å². The van der Waals surface area contributed by atoms with E-state index in [4.69, 9.17) is 9.84 Å². The fourth-order valence-corrected chi connectivity index (χ4v) is 2.82. The number of ether oxygens (including phenoxy) is 1. The maximum absolute atomic E-state index is 12.5. The minimum absolute atomic E-state index is 0.196. The van der Waals surface area contributed by atoms with Gasteiger partial charge in [-0.15, -0.1) is 0 Å². The van der Waals surface area contributed by atoms with E-state index in [0.29, 0.717) is 18.7 Å². The second-order valence-electron chi connectivity index (χ2n) is 5.28. The van der Waals surface area contributed by atoms with Gasteiger partial charge in [0.1, 0.15) is 0 Å². The number of aliphatic carboxylic acids is 1. The highest BCUT2D eigenvalue weighted by Gasteiger charge is 2.21. The molecule has 6 heteroatoms. The van der Waals surface area contributed by atoms with Gasteiger partial charge in [-0.2, -0.15) is 0 Å². The van der Waals surface area contributed by atoms with Crippen LogP contribution in [-0.2, 0) is 35.5 Å². The Morgan fingerprint density at radius 1 is 1.48 bits per heavy atom. The second-order valence-corrected chi connectivity index (χ2v) is 5.28. The molecule has 0 spiro atoms. The summed E-state index contributed by atoms with van der Waals surface area (Å²) in [6.07, 6.45) is 0.584. The first-order valence-corrected chi connectivity index (χ1v) is 7.24. The minimum atomic E-state index is -0.978. The van der Waals surface area contributed by atoms with Gasteiger partial charge in [0.05, 0.1) is 13.0 Å². The van der Waals surface area contributed by atoms with Crippen molar-refractivity contribution in [1.29, 1.82) is 0 Å². The fourth-order valence-electron chi connectivity index (χ4n) is 2.82. The van der Waals surface area contributed by atoms with E-state index in [9.17, 15) is 9.59 Å². The quantitative estimate of drug-likeness (QED) is 0.827. The monoisotopic (exact) mass is 294 g/mol. The number of aromatic nitrogens is 1. The van der Waals surface area contributed by atoms with Gasteiger partial charge in [-0.3, -0.25) is 14.5 Å². The minimum Gasteiger partial charge on any atom is -0.481 e. The Labute approximate surface area is 123 Å². The molecular weight excluding hydrogens is 272 g/mol. The van der Waals surface area contributed by atoms with Crippen LogP contribution in [0.1, 0.15) is 23.7 Å². The van der Waals surface area contributed by atoms with Crippen molar-refractivity contribution in [3.05, 3.63) is 33.2 Å². The normalized spacial score (nSPS) is 15.0. The van der Waals surface area contributed by atoms with E-state index in [0.717, 1.165) is 37.3 Å². The first kappa shape index (κ1) is 15.7. The van der Waals surface area contributed by atoms with Gasteiger partial charge in [0.15, 0.2) is 0 Å². The number of hydrogen-bond acceptors (Lipinski definition) is 4. The molecule has 21 heavy (non-hydrogen) atoms. The molecule has 1 aliphatic heterocycles. The third-order valence-electron chi connectivity index (χ3n) is 3.93. The Bertz CT molecular complexity index is 580. The Kier molecular flexibility index (Phi) is 5.14. The van der Waals surface area contributed by atoms with Gasteiger partial charge in [-0.05, 0) is 18.2 Å². The topological polar surface area (TPSA) is 71.8 Å². The van der Waals surface area contributed by atoms with Crippen molar-refractivity contribution in [2.24, 2.45) is 0 Å². The van der Waals surface area contributed by atoms with E-state index < -0.39 is 5.97 Å². The van der Waals surface area contributed by atoms with Crippen LogP contribution in [0.15, 0.2) is 10.9 Å². The van der Waals surface area contributed by atoms with Crippen LogP contribution in [0.2, 0.25) is 0 Å². The number of rotatable bonds is 6. The van der Waals surface area contributed by atoms with E-state index in [1.54, 1.807) is 17.7 Å². The molecule has 1 aromatic heterocycles. The van der Waals surface area contributed by atoms with Crippen LogP contribution in [0, 0.1) is 0 Å². The zero-order valence-corrected chi connectivity index (χ0v) is 12.6. The van der Waals surface area contributed by atoms with Gasteiger partial charge >= 0.3 is 5.97 Å².